The Hall–Kier alpha value is -0.220. The van der Waals surface area contributed by atoms with Gasteiger partial charge < -0.3 is 10.4 Å². The van der Waals surface area contributed by atoms with E-state index in [1.165, 1.54) is 11.8 Å². The van der Waals surface area contributed by atoms with Crippen molar-refractivity contribution in [2.24, 2.45) is 0 Å². The third-order valence-electron chi connectivity index (χ3n) is 1.40. The molecule has 0 aliphatic carbocycles. The van der Waals surface area contributed by atoms with E-state index in [1.54, 1.807) is 6.92 Å². The summed E-state index contributed by atoms with van der Waals surface area (Å²) in [4.78, 5) is 10.9. The van der Waals surface area contributed by atoms with E-state index in [0.29, 0.717) is 12.3 Å². The number of hydrogen-bond acceptors (Lipinski definition) is 3. The van der Waals surface area contributed by atoms with Crippen LogP contribution in [0.3, 0.4) is 0 Å². The van der Waals surface area contributed by atoms with E-state index in [9.17, 15) is 4.79 Å². The van der Waals surface area contributed by atoms with Crippen molar-refractivity contribution in [1.82, 2.24) is 5.32 Å². The largest absolute Gasteiger partial charge is 0.393 e. The Morgan fingerprint density at radius 1 is 1.67 bits per heavy atom. The molecule has 0 saturated carbocycles. The van der Waals surface area contributed by atoms with Gasteiger partial charge in [0.2, 0.25) is 5.91 Å². The summed E-state index contributed by atoms with van der Waals surface area (Å²) in [6.45, 7) is 2.42. The first-order chi connectivity index (χ1) is 5.66. The highest BCUT2D eigenvalue weighted by atomic mass is 32.2. The number of amides is 1. The highest BCUT2D eigenvalue weighted by Crippen LogP contribution is 1.94. The molecule has 3 nitrogen and oxygen atoms in total. The zero-order chi connectivity index (χ0) is 9.40. The van der Waals surface area contributed by atoms with Gasteiger partial charge in [-0.2, -0.15) is 11.8 Å². The molecule has 0 aromatic rings. The maximum Gasteiger partial charge on any atom is 0.229 e. The van der Waals surface area contributed by atoms with Gasteiger partial charge in [-0.3, -0.25) is 4.79 Å². The summed E-state index contributed by atoms with van der Waals surface area (Å²) in [7, 11) is 0. The number of carbonyl (C=O) groups excluding carboxylic acids is 1. The highest BCUT2D eigenvalue weighted by Gasteiger charge is 1.99. The zero-order valence-corrected chi connectivity index (χ0v) is 8.49. The van der Waals surface area contributed by atoms with Crippen molar-refractivity contribution in [3.05, 3.63) is 0 Å². The highest BCUT2D eigenvalue weighted by molar-refractivity contribution is 7.99. The Kier molecular flexibility index (Phi) is 7.29. The molecule has 0 rings (SSSR count). The van der Waals surface area contributed by atoms with Gasteiger partial charge in [0.15, 0.2) is 0 Å². The molecule has 12 heavy (non-hydrogen) atoms. The van der Waals surface area contributed by atoms with Crippen molar-refractivity contribution >= 4 is 17.7 Å². The standard InChI is InChI=1S/C8H17NO2S/c1-7(10)4-3-5-9-8(11)6-12-2/h7,10H,3-6H2,1-2H3,(H,9,11). The second-order valence-corrected chi connectivity index (χ2v) is 3.64. The Morgan fingerprint density at radius 2 is 2.33 bits per heavy atom. The lowest BCUT2D eigenvalue weighted by Crippen LogP contribution is -2.26. The van der Waals surface area contributed by atoms with Crippen LogP contribution in [0, 0.1) is 0 Å². The molecule has 0 aromatic carbocycles. The van der Waals surface area contributed by atoms with Crippen LogP contribution in [-0.2, 0) is 4.79 Å². The first-order valence-corrected chi connectivity index (χ1v) is 5.50. The fourth-order valence-electron chi connectivity index (χ4n) is 0.807. The minimum atomic E-state index is -0.262. The third kappa shape index (κ3) is 7.88. The fraction of sp³-hybridized carbons (Fsp3) is 0.875. The Morgan fingerprint density at radius 3 is 2.83 bits per heavy atom. The molecule has 2 N–H and O–H groups in total. The molecule has 1 unspecified atom stereocenters. The quantitative estimate of drug-likeness (QED) is 0.605. The maximum atomic E-state index is 10.9. The molecule has 0 aliphatic rings. The van der Waals surface area contributed by atoms with Crippen molar-refractivity contribution in [2.75, 3.05) is 18.6 Å². The van der Waals surface area contributed by atoms with Gasteiger partial charge in [-0.15, -0.1) is 0 Å². The molecule has 0 bridgehead atoms. The van der Waals surface area contributed by atoms with E-state index in [2.05, 4.69) is 5.32 Å². The van der Waals surface area contributed by atoms with Crippen LogP contribution in [0.4, 0.5) is 0 Å². The van der Waals surface area contributed by atoms with Crippen molar-refractivity contribution in [1.29, 1.82) is 0 Å². The molecule has 0 aliphatic heterocycles. The number of aliphatic hydroxyl groups is 1. The summed E-state index contributed by atoms with van der Waals surface area (Å²) >= 11 is 1.51. The summed E-state index contributed by atoms with van der Waals surface area (Å²) in [6.07, 6.45) is 3.23. The normalized spacial score (nSPS) is 12.6. The summed E-state index contributed by atoms with van der Waals surface area (Å²) < 4.78 is 0. The predicted molar refractivity (Wildman–Crippen MR) is 52.3 cm³/mol. The summed E-state index contributed by atoms with van der Waals surface area (Å²) in [6, 6.07) is 0. The van der Waals surface area contributed by atoms with Crippen LogP contribution >= 0.6 is 11.8 Å². The number of hydrogen-bond donors (Lipinski definition) is 2. The molecule has 0 heterocycles. The second-order valence-electron chi connectivity index (χ2n) is 2.77. The number of rotatable bonds is 6. The van der Waals surface area contributed by atoms with Crippen LogP contribution in [0.1, 0.15) is 19.8 Å². The van der Waals surface area contributed by atoms with Crippen molar-refractivity contribution < 1.29 is 9.90 Å². The topological polar surface area (TPSA) is 49.3 Å². The smallest absolute Gasteiger partial charge is 0.229 e. The molecule has 1 atom stereocenters. The molecule has 0 fully saturated rings. The second kappa shape index (κ2) is 7.43. The van der Waals surface area contributed by atoms with E-state index < -0.39 is 0 Å². The molecule has 0 radical (unpaired) electrons. The van der Waals surface area contributed by atoms with Crippen molar-refractivity contribution in [3.8, 4) is 0 Å². The molecule has 4 heteroatoms. The monoisotopic (exact) mass is 191 g/mol. The molecule has 1 amide bonds. The molecule has 72 valence electrons. The minimum Gasteiger partial charge on any atom is -0.393 e. The van der Waals surface area contributed by atoms with Gasteiger partial charge in [0.05, 0.1) is 11.9 Å². The zero-order valence-electron chi connectivity index (χ0n) is 7.67. The van der Waals surface area contributed by atoms with Gasteiger partial charge in [0, 0.05) is 6.54 Å². The molecule has 0 spiro atoms. The van der Waals surface area contributed by atoms with E-state index in [4.69, 9.17) is 5.11 Å². The average molecular weight is 191 g/mol. The number of aliphatic hydroxyl groups excluding tert-OH is 1. The van der Waals surface area contributed by atoms with Crippen LogP contribution in [0.15, 0.2) is 0 Å². The summed E-state index contributed by atoms with van der Waals surface area (Å²) in [5, 5.41) is 11.7. The van der Waals surface area contributed by atoms with Crippen molar-refractivity contribution in [2.45, 2.75) is 25.9 Å². The molecular formula is C8H17NO2S. The van der Waals surface area contributed by atoms with Crippen LogP contribution in [-0.4, -0.2) is 35.7 Å². The van der Waals surface area contributed by atoms with Gasteiger partial charge in [-0.25, -0.2) is 0 Å². The number of thioether (sulfide) groups is 1. The van der Waals surface area contributed by atoms with Crippen LogP contribution < -0.4 is 5.32 Å². The lowest BCUT2D eigenvalue weighted by atomic mass is 10.2. The number of carbonyl (C=O) groups is 1. The molecule has 0 saturated heterocycles. The molecule has 0 aromatic heterocycles. The molecular weight excluding hydrogens is 174 g/mol. The Balaban J connectivity index is 3.14. The first kappa shape index (κ1) is 11.8. The van der Waals surface area contributed by atoms with Crippen LogP contribution in [0.5, 0.6) is 0 Å². The van der Waals surface area contributed by atoms with Gasteiger partial charge >= 0.3 is 0 Å². The lowest BCUT2D eigenvalue weighted by molar-refractivity contribution is -0.118. The summed E-state index contributed by atoms with van der Waals surface area (Å²) in [5.74, 6) is 0.599. The maximum absolute atomic E-state index is 10.9. The fourth-order valence-corrected chi connectivity index (χ4v) is 1.17. The Labute approximate surface area is 77.9 Å². The van der Waals surface area contributed by atoms with E-state index >= 15 is 0 Å². The van der Waals surface area contributed by atoms with E-state index in [-0.39, 0.29) is 12.0 Å². The van der Waals surface area contributed by atoms with Gasteiger partial charge in [0.25, 0.3) is 0 Å². The van der Waals surface area contributed by atoms with E-state index in [0.717, 1.165) is 12.8 Å². The van der Waals surface area contributed by atoms with Gasteiger partial charge in [-0.05, 0) is 26.0 Å². The van der Waals surface area contributed by atoms with Crippen LogP contribution in [0.2, 0.25) is 0 Å². The summed E-state index contributed by atoms with van der Waals surface area (Å²) in [5.41, 5.74) is 0. The third-order valence-corrected chi connectivity index (χ3v) is 1.95. The first-order valence-electron chi connectivity index (χ1n) is 4.10. The minimum absolute atomic E-state index is 0.0769. The van der Waals surface area contributed by atoms with Gasteiger partial charge in [-0.1, -0.05) is 0 Å². The van der Waals surface area contributed by atoms with Gasteiger partial charge in [0.1, 0.15) is 0 Å². The SMILES string of the molecule is CSCC(=O)NCCCC(C)O. The van der Waals surface area contributed by atoms with E-state index in [1.807, 2.05) is 6.26 Å². The van der Waals surface area contributed by atoms with Crippen molar-refractivity contribution in [3.63, 3.8) is 0 Å². The Bertz CT molecular complexity index is 128. The lowest BCUT2D eigenvalue weighted by Gasteiger charge is -2.05. The van der Waals surface area contributed by atoms with Crippen LogP contribution in [0.25, 0.3) is 0 Å². The average Bonchev–Trinajstić information content (AvgIpc) is 1.98. The predicted octanol–water partition coefficient (Wildman–Crippen LogP) is 0.627. The number of nitrogens with one attached hydrogen (secondary N) is 1.